The zero-order chi connectivity index (χ0) is 14.3. The molecule has 2 heterocycles. The van der Waals surface area contributed by atoms with Crippen LogP contribution in [0.5, 0.6) is 0 Å². The lowest BCUT2D eigenvalue weighted by Crippen LogP contribution is -2.54. The highest BCUT2D eigenvalue weighted by atomic mass is 32.2. The van der Waals surface area contributed by atoms with Gasteiger partial charge in [0.2, 0.25) is 0 Å². The lowest BCUT2D eigenvalue weighted by Gasteiger charge is -2.37. The highest BCUT2D eigenvalue weighted by molar-refractivity contribution is 7.91. The maximum Gasteiger partial charge on any atom is 0.153 e. The van der Waals surface area contributed by atoms with Gasteiger partial charge in [0.05, 0.1) is 10.9 Å². The minimum absolute atomic E-state index is 0.262. The second-order valence-electron chi connectivity index (χ2n) is 5.36. The van der Waals surface area contributed by atoms with E-state index < -0.39 is 9.84 Å². The second-order valence-corrected chi connectivity index (χ2v) is 7.69. The van der Waals surface area contributed by atoms with E-state index in [1.807, 2.05) is 30.0 Å². The Morgan fingerprint density at radius 3 is 2.50 bits per heavy atom. The molecule has 0 bridgehead atoms. The number of benzene rings is 1. The van der Waals surface area contributed by atoms with E-state index in [1.54, 1.807) is 0 Å². The van der Waals surface area contributed by atoms with Crippen LogP contribution < -0.4 is 4.90 Å². The van der Waals surface area contributed by atoms with Crippen molar-refractivity contribution in [1.29, 1.82) is 0 Å². The van der Waals surface area contributed by atoms with E-state index in [4.69, 9.17) is 0 Å². The molecule has 3 rings (SSSR count). The van der Waals surface area contributed by atoms with Gasteiger partial charge in [-0.2, -0.15) is 5.10 Å². The summed E-state index contributed by atoms with van der Waals surface area (Å²) in [6.45, 7) is 3.10. The Labute approximate surface area is 118 Å². The van der Waals surface area contributed by atoms with Crippen molar-refractivity contribution in [2.45, 2.75) is 12.2 Å². The Hall–Kier alpha value is -1.82. The third-order valence-corrected chi connectivity index (χ3v) is 5.21. The van der Waals surface area contributed by atoms with Crippen molar-refractivity contribution < 1.29 is 8.42 Å². The van der Waals surface area contributed by atoms with Crippen molar-refractivity contribution in [3.8, 4) is 11.3 Å². The van der Waals surface area contributed by atoms with E-state index >= 15 is 0 Å². The predicted molar refractivity (Wildman–Crippen MR) is 79.6 cm³/mol. The van der Waals surface area contributed by atoms with Gasteiger partial charge in [0, 0.05) is 25.4 Å². The van der Waals surface area contributed by atoms with Gasteiger partial charge in [-0.1, -0.05) is 29.8 Å². The first kappa shape index (κ1) is 13.2. The molecule has 6 heteroatoms. The van der Waals surface area contributed by atoms with E-state index in [9.17, 15) is 8.42 Å². The molecule has 20 heavy (non-hydrogen) atoms. The van der Waals surface area contributed by atoms with Crippen LogP contribution in [-0.4, -0.2) is 43.2 Å². The number of H-pyrrole nitrogens is 1. The average Bonchev–Trinajstić information content (AvgIpc) is 2.75. The minimum Gasteiger partial charge on any atom is -0.352 e. The molecule has 0 saturated carbocycles. The molecule has 0 unspecified atom stereocenters. The molecule has 1 N–H and O–H groups in total. The maximum atomic E-state index is 11.4. The molecule has 1 saturated heterocycles. The number of nitrogens with zero attached hydrogens (tertiary/aromatic N) is 2. The van der Waals surface area contributed by atoms with Crippen LogP contribution in [0, 0.1) is 6.92 Å². The Kier molecular flexibility index (Phi) is 3.05. The first-order valence-corrected chi connectivity index (χ1v) is 8.45. The van der Waals surface area contributed by atoms with Gasteiger partial charge in [-0.15, -0.1) is 0 Å². The summed E-state index contributed by atoms with van der Waals surface area (Å²) >= 11 is 0. The number of anilines is 1. The van der Waals surface area contributed by atoms with Crippen molar-refractivity contribution >= 4 is 15.7 Å². The number of aromatic nitrogens is 2. The first-order chi connectivity index (χ1) is 9.43. The van der Waals surface area contributed by atoms with Crippen LogP contribution >= 0.6 is 0 Å². The number of hydrogen-bond acceptors (Lipinski definition) is 4. The fourth-order valence-electron chi connectivity index (χ4n) is 2.25. The van der Waals surface area contributed by atoms with Crippen molar-refractivity contribution in [1.82, 2.24) is 10.2 Å². The number of aromatic amines is 1. The van der Waals surface area contributed by atoms with E-state index in [0.717, 1.165) is 17.1 Å². The fraction of sp³-hybridized carbons (Fsp3) is 0.357. The minimum atomic E-state index is -2.94. The summed E-state index contributed by atoms with van der Waals surface area (Å²) in [6.07, 6.45) is 1.29. The number of nitrogens with one attached hydrogen (secondary N) is 1. The SMILES string of the molecule is Cc1ccc(-c2cc(N3CC(S(C)(=O)=O)C3)n[nH]2)cc1. The molecule has 1 fully saturated rings. The normalized spacial score (nSPS) is 16.2. The summed E-state index contributed by atoms with van der Waals surface area (Å²) in [6, 6.07) is 10.2. The van der Waals surface area contributed by atoms with Crippen molar-refractivity contribution in [3.63, 3.8) is 0 Å². The van der Waals surface area contributed by atoms with Crippen LogP contribution in [0.4, 0.5) is 5.82 Å². The van der Waals surface area contributed by atoms with Gasteiger partial charge in [-0.3, -0.25) is 5.10 Å². The van der Waals surface area contributed by atoms with E-state index in [1.165, 1.54) is 11.8 Å². The zero-order valence-corrected chi connectivity index (χ0v) is 12.3. The molecule has 1 aromatic carbocycles. The van der Waals surface area contributed by atoms with E-state index in [-0.39, 0.29) is 5.25 Å². The van der Waals surface area contributed by atoms with Gasteiger partial charge in [0.25, 0.3) is 0 Å². The van der Waals surface area contributed by atoms with Crippen molar-refractivity contribution in [3.05, 3.63) is 35.9 Å². The van der Waals surface area contributed by atoms with Gasteiger partial charge in [-0.05, 0) is 12.5 Å². The summed E-state index contributed by atoms with van der Waals surface area (Å²) in [5.74, 6) is 0.806. The quantitative estimate of drug-likeness (QED) is 0.933. The third-order valence-electron chi connectivity index (χ3n) is 3.70. The second kappa shape index (κ2) is 4.63. The van der Waals surface area contributed by atoms with Crippen LogP contribution in [0.25, 0.3) is 11.3 Å². The summed E-state index contributed by atoms with van der Waals surface area (Å²) in [5.41, 5.74) is 3.24. The van der Waals surface area contributed by atoms with E-state index in [2.05, 4.69) is 22.3 Å². The molecule has 106 valence electrons. The summed E-state index contributed by atoms with van der Waals surface area (Å²) < 4.78 is 22.8. The number of rotatable bonds is 3. The largest absolute Gasteiger partial charge is 0.352 e. The number of hydrogen-bond donors (Lipinski definition) is 1. The van der Waals surface area contributed by atoms with Crippen LogP contribution in [-0.2, 0) is 9.84 Å². The summed E-state index contributed by atoms with van der Waals surface area (Å²) in [5, 5.41) is 7.00. The summed E-state index contributed by atoms with van der Waals surface area (Å²) in [4.78, 5) is 1.97. The van der Waals surface area contributed by atoms with Crippen LogP contribution in [0.2, 0.25) is 0 Å². The molecule has 0 radical (unpaired) electrons. The van der Waals surface area contributed by atoms with Gasteiger partial charge in [0.15, 0.2) is 15.7 Å². The molecular weight excluding hydrogens is 274 g/mol. The topological polar surface area (TPSA) is 66.1 Å². The number of aryl methyl sites for hydroxylation is 1. The lowest BCUT2D eigenvalue weighted by atomic mass is 10.1. The first-order valence-electron chi connectivity index (χ1n) is 6.50. The molecule has 1 aliphatic rings. The van der Waals surface area contributed by atoms with Crippen LogP contribution in [0.3, 0.4) is 0 Å². The fourth-order valence-corrected chi connectivity index (χ4v) is 3.15. The average molecular weight is 291 g/mol. The van der Waals surface area contributed by atoms with Crippen LogP contribution in [0.15, 0.2) is 30.3 Å². The monoisotopic (exact) mass is 291 g/mol. The molecule has 1 aromatic heterocycles. The Bertz CT molecular complexity index is 713. The van der Waals surface area contributed by atoms with E-state index in [0.29, 0.717) is 13.1 Å². The van der Waals surface area contributed by atoms with Gasteiger partial charge in [-0.25, -0.2) is 8.42 Å². The summed E-state index contributed by atoms with van der Waals surface area (Å²) in [7, 11) is -2.94. The van der Waals surface area contributed by atoms with Gasteiger partial charge < -0.3 is 4.90 Å². The Morgan fingerprint density at radius 2 is 1.90 bits per heavy atom. The van der Waals surface area contributed by atoms with Crippen molar-refractivity contribution in [2.75, 3.05) is 24.2 Å². The highest BCUT2D eigenvalue weighted by Crippen LogP contribution is 2.26. The molecule has 0 spiro atoms. The Balaban J connectivity index is 1.74. The molecule has 0 aliphatic carbocycles. The molecule has 5 nitrogen and oxygen atoms in total. The number of sulfone groups is 1. The maximum absolute atomic E-state index is 11.4. The van der Waals surface area contributed by atoms with Gasteiger partial charge in [0.1, 0.15) is 0 Å². The van der Waals surface area contributed by atoms with Crippen LogP contribution in [0.1, 0.15) is 5.56 Å². The molecule has 2 aromatic rings. The molecule has 1 aliphatic heterocycles. The third kappa shape index (κ3) is 2.43. The molecule has 0 amide bonds. The highest BCUT2D eigenvalue weighted by Gasteiger charge is 2.35. The standard InChI is InChI=1S/C14H17N3O2S/c1-10-3-5-11(6-4-10)13-7-14(16-15-13)17-8-12(9-17)20(2,18)19/h3-7,12H,8-9H2,1-2H3,(H,15,16). The molecular formula is C14H17N3O2S. The Morgan fingerprint density at radius 1 is 1.25 bits per heavy atom. The molecule has 0 atom stereocenters. The predicted octanol–water partition coefficient (Wildman–Crippen LogP) is 1.62. The van der Waals surface area contributed by atoms with Gasteiger partial charge >= 0.3 is 0 Å². The smallest absolute Gasteiger partial charge is 0.153 e. The zero-order valence-electron chi connectivity index (χ0n) is 11.5. The van der Waals surface area contributed by atoms with Crippen molar-refractivity contribution in [2.24, 2.45) is 0 Å². The lowest BCUT2D eigenvalue weighted by molar-refractivity contribution is 0.544.